The lowest BCUT2D eigenvalue weighted by Crippen LogP contribution is -2.05. The summed E-state index contributed by atoms with van der Waals surface area (Å²) in [6, 6.07) is 13.5. The molecule has 0 saturated heterocycles. The molecular formula is C17H16ClFN2. The van der Waals surface area contributed by atoms with Crippen LogP contribution in [0.1, 0.15) is 11.1 Å². The Hall–Kier alpha value is -1.84. The van der Waals surface area contributed by atoms with Gasteiger partial charge in [0.2, 0.25) is 0 Å². The Bertz CT molecular complexity index is 780. The van der Waals surface area contributed by atoms with Crippen LogP contribution in [-0.4, -0.2) is 11.6 Å². The van der Waals surface area contributed by atoms with Crippen molar-refractivity contribution in [2.45, 2.75) is 13.1 Å². The zero-order chi connectivity index (χ0) is 14.8. The van der Waals surface area contributed by atoms with Crippen molar-refractivity contribution in [3.05, 3.63) is 70.6 Å². The SMILES string of the molecule is CNCc1ccc2ccn(Cc3cccc(Cl)c3F)c2c1. The van der Waals surface area contributed by atoms with Crippen molar-refractivity contribution in [3.8, 4) is 0 Å². The first-order valence-corrected chi connectivity index (χ1v) is 7.22. The number of benzene rings is 2. The molecule has 108 valence electrons. The van der Waals surface area contributed by atoms with E-state index in [1.165, 1.54) is 5.56 Å². The van der Waals surface area contributed by atoms with E-state index in [4.69, 9.17) is 11.6 Å². The van der Waals surface area contributed by atoms with Gasteiger partial charge in [0, 0.05) is 23.8 Å². The van der Waals surface area contributed by atoms with E-state index in [1.807, 2.05) is 23.9 Å². The van der Waals surface area contributed by atoms with Gasteiger partial charge in [-0.3, -0.25) is 0 Å². The summed E-state index contributed by atoms with van der Waals surface area (Å²) in [7, 11) is 1.92. The molecule has 0 amide bonds. The number of aromatic nitrogens is 1. The largest absolute Gasteiger partial charge is 0.343 e. The highest BCUT2D eigenvalue weighted by molar-refractivity contribution is 6.30. The van der Waals surface area contributed by atoms with Crippen LogP contribution in [0.2, 0.25) is 5.02 Å². The van der Waals surface area contributed by atoms with Gasteiger partial charge in [0.25, 0.3) is 0 Å². The first-order valence-electron chi connectivity index (χ1n) is 6.84. The van der Waals surface area contributed by atoms with Crippen LogP contribution in [0.4, 0.5) is 4.39 Å². The molecule has 1 aromatic heterocycles. The van der Waals surface area contributed by atoms with Gasteiger partial charge in [-0.05, 0) is 36.2 Å². The van der Waals surface area contributed by atoms with Crippen LogP contribution in [0.15, 0.2) is 48.7 Å². The Kier molecular flexibility index (Phi) is 3.95. The molecule has 2 nitrogen and oxygen atoms in total. The van der Waals surface area contributed by atoms with E-state index >= 15 is 0 Å². The summed E-state index contributed by atoms with van der Waals surface area (Å²) in [4.78, 5) is 0. The zero-order valence-corrected chi connectivity index (χ0v) is 12.5. The lowest BCUT2D eigenvalue weighted by molar-refractivity contribution is 0.602. The zero-order valence-electron chi connectivity index (χ0n) is 11.7. The van der Waals surface area contributed by atoms with Gasteiger partial charge in [0.1, 0.15) is 5.82 Å². The molecule has 0 unspecified atom stereocenters. The number of rotatable bonds is 4. The molecule has 0 spiro atoms. The molecule has 4 heteroatoms. The predicted molar refractivity (Wildman–Crippen MR) is 85.2 cm³/mol. The molecule has 2 aromatic carbocycles. The molecular weight excluding hydrogens is 287 g/mol. The molecule has 0 atom stereocenters. The Labute approximate surface area is 128 Å². The molecule has 0 aliphatic heterocycles. The lowest BCUT2D eigenvalue weighted by atomic mass is 10.1. The second kappa shape index (κ2) is 5.88. The minimum absolute atomic E-state index is 0.167. The third kappa shape index (κ3) is 2.80. The van der Waals surface area contributed by atoms with Gasteiger partial charge in [-0.2, -0.15) is 0 Å². The van der Waals surface area contributed by atoms with Crippen molar-refractivity contribution in [2.24, 2.45) is 0 Å². The molecule has 21 heavy (non-hydrogen) atoms. The first-order chi connectivity index (χ1) is 10.2. The second-order valence-corrected chi connectivity index (χ2v) is 5.49. The van der Waals surface area contributed by atoms with Crippen LogP contribution in [-0.2, 0) is 13.1 Å². The molecule has 0 bridgehead atoms. The van der Waals surface area contributed by atoms with Gasteiger partial charge in [0.15, 0.2) is 0 Å². The fourth-order valence-corrected chi connectivity index (χ4v) is 2.73. The topological polar surface area (TPSA) is 17.0 Å². The van der Waals surface area contributed by atoms with Crippen molar-refractivity contribution in [1.29, 1.82) is 0 Å². The van der Waals surface area contributed by atoms with Crippen LogP contribution in [0.3, 0.4) is 0 Å². The standard InChI is InChI=1S/C17H16ClFN2/c1-20-10-12-5-6-13-7-8-21(16(13)9-12)11-14-3-2-4-15(18)17(14)19/h2-9,20H,10-11H2,1H3. The van der Waals surface area contributed by atoms with Crippen molar-refractivity contribution in [3.63, 3.8) is 0 Å². The van der Waals surface area contributed by atoms with Gasteiger partial charge in [-0.25, -0.2) is 4.39 Å². The van der Waals surface area contributed by atoms with Crippen molar-refractivity contribution in [2.75, 3.05) is 7.05 Å². The molecule has 1 heterocycles. The van der Waals surface area contributed by atoms with E-state index in [1.54, 1.807) is 18.2 Å². The summed E-state index contributed by atoms with van der Waals surface area (Å²) in [5.41, 5.74) is 2.90. The van der Waals surface area contributed by atoms with Gasteiger partial charge < -0.3 is 9.88 Å². The van der Waals surface area contributed by atoms with Crippen LogP contribution in [0.25, 0.3) is 10.9 Å². The maximum Gasteiger partial charge on any atom is 0.146 e. The highest BCUT2D eigenvalue weighted by atomic mass is 35.5. The Morgan fingerprint density at radius 1 is 1.19 bits per heavy atom. The summed E-state index contributed by atoms with van der Waals surface area (Å²) in [5, 5.41) is 4.46. The van der Waals surface area contributed by atoms with E-state index in [-0.39, 0.29) is 10.8 Å². The lowest BCUT2D eigenvalue weighted by Gasteiger charge is -2.09. The average Bonchev–Trinajstić information content (AvgIpc) is 2.87. The van der Waals surface area contributed by atoms with Crippen LogP contribution < -0.4 is 5.32 Å². The summed E-state index contributed by atoms with van der Waals surface area (Å²) < 4.78 is 16.1. The Morgan fingerprint density at radius 2 is 2.05 bits per heavy atom. The fourth-order valence-electron chi connectivity index (χ4n) is 2.54. The molecule has 0 saturated carbocycles. The van der Waals surface area contributed by atoms with E-state index in [2.05, 4.69) is 23.5 Å². The first kappa shape index (κ1) is 14.1. The number of halogens is 2. The number of nitrogens with zero attached hydrogens (tertiary/aromatic N) is 1. The molecule has 1 N–H and O–H groups in total. The van der Waals surface area contributed by atoms with Gasteiger partial charge in [-0.1, -0.05) is 35.9 Å². The van der Waals surface area contributed by atoms with Gasteiger partial charge in [0.05, 0.1) is 11.6 Å². The average molecular weight is 303 g/mol. The minimum Gasteiger partial charge on any atom is -0.343 e. The normalized spacial score (nSPS) is 11.2. The quantitative estimate of drug-likeness (QED) is 0.764. The molecule has 0 radical (unpaired) electrons. The summed E-state index contributed by atoms with van der Waals surface area (Å²) in [6.07, 6.45) is 1.98. The number of nitrogens with one attached hydrogen (secondary N) is 1. The summed E-state index contributed by atoms with van der Waals surface area (Å²) in [5.74, 6) is -0.340. The second-order valence-electron chi connectivity index (χ2n) is 5.08. The van der Waals surface area contributed by atoms with Crippen molar-refractivity contribution >= 4 is 22.5 Å². The third-order valence-corrected chi connectivity index (χ3v) is 3.88. The van der Waals surface area contributed by atoms with Crippen LogP contribution in [0.5, 0.6) is 0 Å². The smallest absolute Gasteiger partial charge is 0.146 e. The van der Waals surface area contributed by atoms with Crippen molar-refractivity contribution < 1.29 is 4.39 Å². The minimum atomic E-state index is -0.340. The van der Waals surface area contributed by atoms with Crippen LogP contribution >= 0.6 is 11.6 Å². The van der Waals surface area contributed by atoms with Gasteiger partial charge in [-0.15, -0.1) is 0 Å². The van der Waals surface area contributed by atoms with E-state index in [0.29, 0.717) is 12.1 Å². The Morgan fingerprint density at radius 3 is 2.86 bits per heavy atom. The molecule has 0 aliphatic rings. The third-order valence-electron chi connectivity index (χ3n) is 3.59. The highest BCUT2D eigenvalue weighted by Gasteiger charge is 2.09. The van der Waals surface area contributed by atoms with E-state index in [0.717, 1.165) is 17.4 Å². The van der Waals surface area contributed by atoms with E-state index in [9.17, 15) is 4.39 Å². The monoisotopic (exact) mass is 302 g/mol. The van der Waals surface area contributed by atoms with Crippen molar-refractivity contribution in [1.82, 2.24) is 9.88 Å². The molecule has 3 aromatic rings. The van der Waals surface area contributed by atoms with Gasteiger partial charge >= 0.3 is 0 Å². The molecule has 0 aliphatic carbocycles. The summed E-state index contributed by atoms with van der Waals surface area (Å²) in [6.45, 7) is 1.28. The molecule has 0 fully saturated rings. The summed E-state index contributed by atoms with van der Waals surface area (Å²) >= 11 is 5.85. The molecule has 3 rings (SSSR count). The fraction of sp³-hybridized carbons (Fsp3) is 0.176. The maximum atomic E-state index is 14.0. The van der Waals surface area contributed by atoms with Crippen LogP contribution in [0, 0.1) is 5.82 Å². The number of hydrogen-bond donors (Lipinski definition) is 1. The number of fused-ring (bicyclic) bond motifs is 1. The van der Waals surface area contributed by atoms with E-state index < -0.39 is 0 Å². The number of hydrogen-bond acceptors (Lipinski definition) is 1. The maximum absolute atomic E-state index is 14.0. The highest BCUT2D eigenvalue weighted by Crippen LogP contribution is 2.22. The predicted octanol–water partition coefficient (Wildman–Crippen LogP) is 4.20. The Balaban J connectivity index is 2.00.